The van der Waals surface area contributed by atoms with E-state index in [-0.39, 0.29) is 6.61 Å². The zero-order valence-electron chi connectivity index (χ0n) is 8.49. The number of hydrogen-bond donors (Lipinski definition) is 2. The molecule has 0 aliphatic carbocycles. The number of halogens is 1. The molecule has 1 saturated heterocycles. The molecule has 0 radical (unpaired) electrons. The van der Waals surface area contributed by atoms with E-state index in [2.05, 4.69) is 4.90 Å². The summed E-state index contributed by atoms with van der Waals surface area (Å²) in [5.41, 5.74) is 7.52. The Hall–Kier alpha value is -0.930. The van der Waals surface area contributed by atoms with Crippen LogP contribution in [0.1, 0.15) is 6.42 Å². The Morgan fingerprint density at radius 2 is 2.33 bits per heavy atom. The first-order valence-corrected chi connectivity index (χ1v) is 5.50. The molecule has 0 saturated carbocycles. The Morgan fingerprint density at radius 1 is 1.53 bits per heavy atom. The standard InChI is InChI=1S/C11H15ClN2O/c12-9-2-1-3-10(13)11(9)14-5-4-8(6-14)7-15/h1-3,8,15H,4-7,13H2. The monoisotopic (exact) mass is 226 g/mol. The molecular weight excluding hydrogens is 212 g/mol. The van der Waals surface area contributed by atoms with Crippen LogP contribution in [-0.4, -0.2) is 24.8 Å². The molecule has 3 N–H and O–H groups in total. The Bertz CT molecular complexity index is 336. The van der Waals surface area contributed by atoms with Crippen LogP contribution in [0, 0.1) is 5.92 Å². The molecule has 82 valence electrons. The number of aliphatic hydroxyl groups excluding tert-OH is 1. The van der Waals surface area contributed by atoms with Gasteiger partial charge in [-0.2, -0.15) is 0 Å². The first kappa shape index (κ1) is 10.6. The van der Waals surface area contributed by atoms with Crippen molar-refractivity contribution in [2.75, 3.05) is 30.3 Å². The van der Waals surface area contributed by atoms with Crippen molar-refractivity contribution in [1.29, 1.82) is 0 Å². The Balaban J connectivity index is 2.23. The van der Waals surface area contributed by atoms with Gasteiger partial charge in [-0.25, -0.2) is 0 Å². The molecule has 2 rings (SSSR count). The van der Waals surface area contributed by atoms with Gasteiger partial charge in [0.05, 0.1) is 16.4 Å². The number of nitrogens with two attached hydrogens (primary N) is 1. The van der Waals surface area contributed by atoms with Gasteiger partial charge in [0.1, 0.15) is 0 Å². The van der Waals surface area contributed by atoms with Crippen molar-refractivity contribution >= 4 is 23.0 Å². The fraction of sp³-hybridized carbons (Fsp3) is 0.455. The highest BCUT2D eigenvalue weighted by molar-refractivity contribution is 6.34. The topological polar surface area (TPSA) is 49.5 Å². The number of hydrogen-bond acceptors (Lipinski definition) is 3. The zero-order valence-corrected chi connectivity index (χ0v) is 9.24. The maximum atomic E-state index is 9.08. The summed E-state index contributed by atoms with van der Waals surface area (Å²) in [6.45, 7) is 1.99. The lowest BCUT2D eigenvalue weighted by Crippen LogP contribution is -2.22. The number of nitrogens with zero attached hydrogens (tertiary/aromatic N) is 1. The van der Waals surface area contributed by atoms with Gasteiger partial charge < -0.3 is 15.7 Å². The van der Waals surface area contributed by atoms with E-state index in [9.17, 15) is 0 Å². The summed E-state index contributed by atoms with van der Waals surface area (Å²) in [6, 6.07) is 5.55. The third-order valence-electron chi connectivity index (χ3n) is 2.88. The molecule has 15 heavy (non-hydrogen) atoms. The molecule has 0 amide bonds. The van der Waals surface area contributed by atoms with Gasteiger partial charge in [-0.15, -0.1) is 0 Å². The van der Waals surface area contributed by atoms with Crippen molar-refractivity contribution in [3.05, 3.63) is 23.2 Å². The lowest BCUT2D eigenvalue weighted by Gasteiger charge is -2.21. The fourth-order valence-electron chi connectivity index (χ4n) is 2.05. The van der Waals surface area contributed by atoms with Crippen molar-refractivity contribution in [3.8, 4) is 0 Å². The van der Waals surface area contributed by atoms with E-state index in [0.29, 0.717) is 16.6 Å². The predicted octanol–water partition coefficient (Wildman–Crippen LogP) is 1.74. The van der Waals surface area contributed by atoms with E-state index in [4.69, 9.17) is 22.4 Å². The largest absolute Gasteiger partial charge is 0.397 e. The van der Waals surface area contributed by atoms with Gasteiger partial charge in [-0.05, 0) is 18.6 Å². The van der Waals surface area contributed by atoms with E-state index in [1.54, 1.807) is 0 Å². The molecule has 1 unspecified atom stereocenters. The van der Waals surface area contributed by atoms with E-state index in [1.807, 2.05) is 18.2 Å². The Kier molecular flexibility index (Phi) is 3.03. The molecule has 1 fully saturated rings. The fourth-order valence-corrected chi connectivity index (χ4v) is 2.35. The van der Waals surface area contributed by atoms with Gasteiger partial charge >= 0.3 is 0 Å². The number of nitrogen functional groups attached to an aromatic ring is 1. The van der Waals surface area contributed by atoms with Crippen LogP contribution in [-0.2, 0) is 0 Å². The first-order chi connectivity index (χ1) is 7.22. The smallest absolute Gasteiger partial charge is 0.0789 e. The van der Waals surface area contributed by atoms with Gasteiger partial charge in [-0.3, -0.25) is 0 Å². The molecule has 1 aliphatic heterocycles. The van der Waals surface area contributed by atoms with Crippen LogP contribution in [0.4, 0.5) is 11.4 Å². The van der Waals surface area contributed by atoms with E-state index < -0.39 is 0 Å². The van der Waals surface area contributed by atoms with Gasteiger partial charge in [0, 0.05) is 25.6 Å². The van der Waals surface area contributed by atoms with Crippen LogP contribution in [0.25, 0.3) is 0 Å². The summed E-state index contributed by atoms with van der Waals surface area (Å²) >= 11 is 6.12. The lowest BCUT2D eigenvalue weighted by atomic mass is 10.1. The van der Waals surface area contributed by atoms with Crippen LogP contribution in [0.2, 0.25) is 5.02 Å². The minimum atomic E-state index is 0.237. The molecule has 1 heterocycles. The average Bonchev–Trinajstić information content (AvgIpc) is 2.66. The lowest BCUT2D eigenvalue weighted by molar-refractivity contribution is 0.238. The van der Waals surface area contributed by atoms with Crippen molar-refractivity contribution in [2.45, 2.75) is 6.42 Å². The summed E-state index contributed by atoms with van der Waals surface area (Å²) in [5.74, 6) is 0.348. The van der Waals surface area contributed by atoms with Crippen molar-refractivity contribution < 1.29 is 5.11 Å². The second-order valence-electron chi connectivity index (χ2n) is 3.96. The summed E-state index contributed by atoms with van der Waals surface area (Å²) in [6.07, 6.45) is 1.00. The zero-order chi connectivity index (χ0) is 10.8. The molecule has 4 heteroatoms. The maximum absolute atomic E-state index is 9.08. The van der Waals surface area contributed by atoms with Gasteiger partial charge in [0.2, 0.25) is 0 Å². The molecule has 1 atom stereocenters. The second-order valence-corrected chi connectivity index (χ2v) is 4.37. The SMILES string of the molecule is Nc1cccc(Cl)c1N1CCC(CO)C1. The number of aliphatic hydroxyl groups is 1. The summed E-state index contributed by atoms with van der Waals surface area (Å²) in [7, 11) is 0. The molecule has 1 aliphatic rings. The van der Waals surface area contributed by atoms with Crippen LogP contribution < -0.4 is 10.6 Å². The van der Waals surface area contributed by atoms with Gasteiger partial charge in [0.15, 0.2) is 0 Å². The highest BCUT2D eigenvalue weighted by Crippen LogP contribution is 2.34. The van der Waals surface area contributed by atoms with Gasteiger partial charge in [-0.1, -0.05) is 17.7 Å². The molecule has 0 bridgehead atoms. The highest BCUT2D eigenvalue weighted by Gasteiger charge is 2.24. The van der Waals surface area contributed by atoms with E-state index in [1.165, 1.54) is 0 Å². The summed E-state index contributed by atoms with van der Waals surface area (Å²) in [4.78, 5) is 2.15. The highest BCUT2D eigenvalue weighted by atomic mass is 35.5. The quantitative estimate of drug-likeness (QED) is 0.756. The number of para-hydroxylation sites is 1. The van der Waals surface area contributed by atoms with Gasteiger partial charge in [0.25, 0.3) is 0 Å². The number of benzene rings is 1. The second kappa shape index (κ2) is 4.29. The molecule has 0 spiro atoms. The van der Waals surface area contributed by atoms with Crippen molar-refractivity contribution in [3.63, 3.8) is 0 Å². The average molecular weight is 227 g/mol. The maximum Gasteiger partial charge on any atom is 0.0789 e. The van der Waals surface area contributed by atoms with Crippen LogP contribution in [0.5, 0.6) is 0 Å². The summed E-state index contributed by atoms with van der Waals surface area (Å²) in [5, 5.41) is 9.77. The van der Waals surface area contributed by atoms with Crippen LogP contribution >= 0.6 is 11.6 Å². The van der Waals surface area contributed by atoms with Crippen LogP contribution in [0.3, 0.4) is 0 Å². The normalized spacial score (nSPS) is 20.9. The van der Waals surface area contributed by atoms with Crippen molar-refractivity contribution in [2.24, 2.45) is 5.92 Å². The van der Waals surface area contributed by atoms with Crippen LogP contribution in [0.15, 0.2) is 18.2 Å². The van der Waals surface area contributed by atoms with E-state index >= 15 is 0 Å². The minimum Gasteiger partial charge on any atom is -0.397 e. The number of rotatable bonds is 2. The van der Waals surface area contributed by atoms with Crippen molar-refractivity contribution in [1.82, 2.24) is 0 Å². The minimum absolute atomic E-state index is 0.237. The molecular formula is C11H15ClN2O. The first-order valence-electron chi connectivity index (χ1n) is 5.12. The number of anilines is 2. The third kappa shape index (κ3) is 2.03. The predicted molar refractivity (Wildman–Crippen MR) is 63.3 cm³/mol. The molecule has 1 aromatic carbocycles. The van der Waals surface area contributed by atoms with E-state index in [0.717, 1.165) is 25.2 Å². The summed E-state index contributed by atoms with van der Waals surface area (Å²) < 4.78 is 0. The third-order valence-corrected chi connectivity index (χ3v) is 3.18. The molecule has 3 nitrogen and oxygen atoms in total. The molecule has 1 aromatic rings. The Morgan fingerprint density at radius 3 is 2.93 bits per heavy atom. The molecule has 0 aromatic heterocycles. The Labute approximate surface area is 94.4 Å².